The van der Waals surface area contributed by atoms with Crippen molar-refractivity contribution in [2.45, 2.75) is 19.0 Å². The van der Waals surface area contributed by atoms with Gasteiger partial charge in [-0.1, -0.05) is 24.3 Å². The van der Waals surface area contributed by atoms with E-state index >= 15 is 0 Å². The highest BCUT2D eigenvalue weighted by Crippen LogP contribution is 2.38. The molecule has 0 spiro atoms. The molecular formula is C24H21N3O5S. The number of oxazole rings is 1. The molecule has 5 rings (SSSR count). The zero-order valence-corrected chi connectivity index (χ0v) is 18.9. The van der Waals surface area contributed by atoms with Crippen LogP contribution in [0.2, 0.25) is 0 Å². The fourth-order valence-corrected chi connectivity index (χ4v) is 4.74. The maximum absolute atomic E-state index is 13.4. The molecule has 4 aromatic rings. The highest BCUT2D eigenvalue weighted by molar-refractivity contribution is 7.12. The number of thiophene rings is 1. The number of carbonyl (C=O) groups is 1. The first-order valence-corrected chi connectivity index (χ1v) is 11.2. The molecule has 0 N–H and O–H groups in total. The zero-order valence-electron chi connectivity index (χ0n) is 18.1. The second-order valence-corrected chi connectivity index (χ2v) is 8.47. The third kappa shape index (κ3) is 3.80. The number of fused-ring (bicyclic) bond motifs is 1. The van der Waals surface area contributed by atoms with Crippen LogP contribution >= 0.6 is 11.3 Å². The maximum Gasteiger partial charge on any atom is 0.420 e. The summed E-state index contributed by atoms with van der Waals surface area (Å²) in [5, 5.41) is 8.11. The van der Waals surface area contributed by atoms with E-state index in [1.807, 2.05) is 35.7 Å². The van der Waals surface area contributed by atoms with E-state index in [0.29, 0.717) is 29.0 Å². The van der Waals surface area contributed by atoms with Gasteiger partial charge in [-0.25, -0.2) is 9.80 Å². The molecule has 0 fully saturated rings. The van der Waals surface area contributed by atoms with Crippen LogP contribution in [0.5, 0.6) is 11.5 Å². The van der Waals surface area contributed by atoms with Crippen molar-refractivity contribution in [1.29, 1.82) is 0 Å². The van der Waals surface area contributed by atoms with Gasteiger partial charge in [0.2, 0.25) is 0 Å². The first-order valence-electron chi connectivity index (χ1n) is 10.3. The molecule has 0 radical (unpaired) electrons. The second kappa shape index (κ2) is 8.59. The summed E-state index contributed by atoms with van der Waals surface area (Å²) in [4.78, 5) is 26.9. The van der Waals surface area contributed by atoms with Crippen LogP contribution in [0, 0.1) is 0 Å². The smallest absolute Gasteiger partial charge is 0.420 e. The molecule has 3 heterocycles. The Bertz CT molecular complexity index is 1400. The molecule has 9 heteroatoms. The van der Waals surface area contributed by atoms with Gasteiger partial charge < -0.3 is 13.9 Å². The Hall–Kier alpha value is -3.85. The van der Waals surface area contributed by atoms with Crippen LogP contribution in [0.1, 0.15) is 22.9 Å². The third-order valence-electron chi connectivity index (χ3n) is 5.63. The number of hydrogen-bond donors (Lipinski definition) is 0. The molecule has 1 aliphatic heterocycles. The molecule has 168 valence electrons. The molecule has 0 unspecified atom stereocenters. The van der Waals surface area contributed by atoms with Crippen LogP contribution in [-0.2, 0) is 11.3 Å². The fraction of sp³-hybridized carbons (Fsp3) is 0.208. The molecule has 0 saturated heterocycles. The van der Waals surface area contributed by atoms with Crippen molar-refractivity contribution < 1.29 is 18.7 Å². The summed E-state index contributed by atoms with van der Waals surface area (Å²) in [5.41, 5.74) is 2.69. The molecule has 0 saturated carbocycles. The highest BCUT2D eigenvalue weighted by Gasteiger charge is 2.34. The number of para-hydroxylation sites is 2. The lowest BCUT2D eigenvalue weighted by Crippen LogP contribution is -2.32. The van der Waals surface area contributed by atoms with E-state index in [1.165, 1.54) is 9.58 Å². The maximum atomic E-state index is 13.4. The Morgan fingerprint density at radius 1 is 1.12 bits per heavy atom. The summed E-state index contributed by atoms with van der Waals surface area (Å²) in [6, 6.07) is 16.2. The van der Waals surface area contributed by atoms with Gasteiger partial charge in [0, 0.05) is 6.42 Å². The van der Waals surface area contributed by atoms with Crippen LogP contribution < -0.4 is 15.2 Å². The van der Waals surface area contributed by atoms with E-state index in [4.69, 9.17) is 13.9 Å². The minimum absolute atomic E-state index is 0.180. The predicted octanol–water partition coefficient (Wildman–Crippen LogP) is 4.05. The van der Waals surface area contributed by atoms with Crippen molar-refractivity contribution in [2.75, 3.05) is 14.2 Å². The molecule has 1 atom stereocenters. The summed E-state index contributed by atoms with van der Waals surface area (Å²) in [6.45, 7) is -0.180. The molecular weight excluding hydrogens is 442 g/mol. The van der Waals surface area contributed by atoms with Crippen molar-refractivity contribution in [3.63, 3.8) is 0 Å². The van der Waals surface area contributed by atoms with Gasteiger partial charge in [0.05, 0.1) is 36.4 Å². The third-order valence-corrected chi connectivity index (χ3v) is 6.55. The lowest BCUT2D eigenvalue weighted by molar-refractivity contribution is -0.133. The number of nitrogens with zero attached hydrogens (tertiary/aromatic N) is 3. The molecule has 2 aromatic heterocycles. The van der Waals surface area contributed by atoms with Gasteiger partial charge >= 0.3 is 5.76 Å². The number of hydrogen-bond acceptors (Lipinski definition) is 7. The number of ether oxygens (including phenoxy) is 2. The molecule has 1 aliphatic rings. The quantitative estimate of drug-likeness (QED) is 0.431. The molecule has 33 heavy (non-hydrogen) atoms. The van der Waals surface area contributed by atoms with Gasteiger partial charge in [-0.05, 0) is 41.3 Å². The standard InChI is InChI=1S/C24H21N3O5S/c1-30-20-10-9-15(12-21(20)31-2)18-13-16(22-8-5-11-33-22)25-27(18)23(28)14-26-17-6-3-4-7-19(17)32-24(26)29/h3-12,18H,13-14H2,1-2H3/t18-/m0/s1. The van der Waals surface area contributed by atoms with Crippen LogP contribution in [-0.4, -0.2) is 35.4 Å². The van der Waals surface area contributed by atoms with Crippen LogP contribution in [0.3, 0.4) is 0 Å². The van der Waals surface area contributed by atoms with Gasteiger partial charge in [0.1, 0.15) is 6.54 Å². The summed E-state index contributed by atoms with van der Waals surface area (Å²) in [7, 11) is 3.15. The lowest BCUT2D eigenvalue weighted by Gasteiger charge is -2.23. The summed E-state index contributed by atoms with van der Waals surface area (Å²) in [6.07, 6.45) is 0.544. The average Bonchev–Trinajstić information content (AvgIpc) is 3.58. The van der Waals surface area contributed by atoms with Gasteiger partial charge in [0.25, 0.3) is 5.91 Å². The Morgan fingerprint density at radius 3 is 2.70 bits per heavy atom. The highest BCUT2D eigenvalue weighted by atomic mass is 32.1. The van der Waals surface area contributed by atoms with Crippen LogP contribution in [0.4, 0.5) is 0 Å². The first-order chi connectivity index (χ1) is 16.1. The topological polar surface area (TPSA) is 86.3 Å². The van der Waals surface area contributed by atoms with E-state index in [1.54, 1.807) is 49.8 Å². The molecule has 2 aromatic carbocycles. The van der Waals surface area contributed by atoms with E-state index in [-0.39, 0.29) is 18.5 Å². The summed E-state index contributed by atoms with van der Waals surface area (Å²) >= 11 is 1.57. The normalized spacial score (nSPS) is 15.6. The van der Waals surface area contributed by atoms with Crippen molar-refractivity contribution in [2.24, 2.45) is 5.10 Å². The Labute approximate surface area is 193 Å². The Balaban J connectivity index is 1.52. The predicted molar refractivity (Wildman–Crippen MR) is 125 cm³/mol. The number of hydrazone groups is 1. The Morgan fingerprint density at radius 2 is 1.94 bits per heavy atom. The number of benzene rings is 2. The fourth-order valence-electron chi connectivity index (χ4n) is 4.02. The number of amides is 1. The minimum Gasteiger partial charge on any atom is -0.493 e. The van der Waals surface area contributed by atoms with E-state index in [9.17, 15) is 9.59 Å². The number of carbonyl (C=O) groups excluding carboxylic acids is 1. The minimum atomic E-state index is -0.575. The molecule has 0 aliphatic carbocycles. The largest absolute Gasteiger partial charge is 0.493 e. The van der Waals surface area contributed by atoms with Gasteiger partial charge in [0.15, 0.2) is 17.1 Å². The number of methoxy groups -OCH3 is 2. The zero-order chi connectivity index (χ0) is 22.9. The van der Waals surface area contributed by atoms with E-state index in [2.05, 4.69) is 5.10 Å². The molecule has 0 bridgehead atoms. The van der Waals surface area contributed by atoms with Gasteiger partial charge in [-0.3, -0.25) is 9.36 Å². The SMILES string of the molecule is COc1ccc([C@@H]2CC(c3cccs3)=NN2C(=O)Cn2c(=O)oc3ccccc32)cc1OC. The van der Waals surface area contributed by atoms with E-state index < -0.39 is 5.76 Å². The lowest BCUT2D eigenvalue weighted by atomic mass is 10.0. The van der Waals surface area contributed by atoms with Gasteiger partial charge in [-0.2, -0.15) is 5.10 Å². The second-order valence-electron chi connectivity index (χ2n) is 7.52. The molecule has 1 amide bonds. The van der Waals surface area contributed by atoms with Crippen LogP contribution in [0.15, 0.2) is 74.3 Å². The van der Waals surface area contributed by atoms with Crippen LogP contribution in [0.25, 0.3) is 11.1 Å². The monoisotopic (exact) mass is 463 g/mol. The van der Waals surface area contributed by atoms with Gasteiger partial charge in [-0.15, -0.1) is 11.3 Å². The summed E-state index contributed by atoms with van der Waals surface area (Å²) < 4.78 is 17.4. The Kier molecular flexibility index (Phi) is 5.47. The van der Waals surface area contributed by atoms with E-state index in [0.717, 1.165) is 16.2 Å². The summed E-state index contributed by atoms with van der Waals surface area (Å²) in [5.74, 6) is 0.292. The first kappa shape index (κ1) is 21.0. The van der Waals surface area contributed by atoms with Crippen molar-refractivity contribution in [1.82, 2.24) is 9.58 Å². The van der Waals surface area contributed by atoms with Crippen molar-refractivity contribution in [3.8, 4) is 11.5 Å². The van der Waals surface area contributed by atoms with Crippen molar-refractivity contribution >= 4 is 34.1 Å². The number of aromatic nitrogens is 1. The molecule has 8 nitrogen and oxygen atoms in total. The van der Waals surface area contributed by atoms with Crippen molar-refractivity contribution in [3.05, 3.63) is 81.0 Å². The number of rotatable bonds is 6. The average molecular weight is 464 g/mol.